The first-order valence-corrected chi connectivity index (χ1v) is 5.39. The minimum Gasteiger partial charge on any atom is -0.351 e. The molecule has 1 saturated heterocycles. The number of imide groups is 1. The van der Waals surface area contributed by atoms with Gasteiger partial charge in [-0.1, -0.05) is 13.8 Å². The molecular formula is C10H20N4O2. The van der Waals surface area contributed by atoms with Crippen LogP contribution in [-0.4, -0.2) is 41.5 Å². The summed E-state index contributed by atoms with van der Waals surface area (Å²) in [6, 6.07) is -1.19. The number of primary amides is 1. The van der Waals surface area contributed by atoms with Crippen molar-refractivity contribution < 1.29 is 9.59 Å². The Morgan fingerprint density at radius 3 is 2.19 bits per heavy atom. The number of nitrogens with zero attached hydrogens (tertiary/aromatic N) is 1. The minimum absolute atomic E-state index is 0.221. The van der Waals surface area contributed by atoms with Crippen LogP contribution in [0.3, 0.4) is 0 Å². The van der Waals surface area contributed by atoms with Gasteiger partial charge in [0.15, 0.2) is 0 Å². The van der Waals surface area contributed by atoms with Gasteiger partial charge in [-0.2, -0.15) is 0 Å². The maximum Gasteiger partial charge on any atom is 0.318 e. The van der Waals surface area contributed by atoms with Crippen LogP contribution in [0.25, 0.3) is 0 Å². The van der Waals surface area contributed by atoms with E-state index in [2.05, 4.69) is 19.2 Å². The van der Waals surface area contributed by atoms with E-state index in [9.17, 15) is 9.59 Å². The molecule has 0 aromatic rings. The summed E-state index contributed by atoms with van der Waals surface area (Å²) in [5, 5.41) is 2.07. The van der Waals surface area contributed by atoms with Crippen LogP contribution < -0.4 is 16.8 Å². The zero-order chi connectivity index (χ0) is 12.5. The zero-order valence-electron chi connectivity index (χ0n) is 9.99. The van der Waals surface area contributed by atoms with E-state index in [-0.39, 0.29) is 17.5 Å². The van der Waals surface area contributed by atoms with Crippen LogP contribution in [0.15, 0.2) is 0 Å². The maximum absolute atomic E-state index is 11.5. The molecule has 16 heavy (non-hydrogen) atoms. The number of hydrogen-bond donors (Lipinski definition) is 3. The topological polar surface area (TPSA) is 101 Å². The molecule has 0 aromatic carbocycles. The Balaban J connectivity index is 2.45. The van der Waals surface area contributed by atoms with Gasteiger partial charge in [0.1, 0.15) is 0 Å². The van der Waals surface area contributed by atoms with Crippen molar-refractivity contribution in [3.05, 3.63) is 0 Å². The largest absolute Gasteiger partial charge is 0.351 e. The monoisotopic (exact) mass is 228 g/mol. The molecule has 1 rings (SSSR count). The van der Waals surface area contributed by atoms with E-state index in [1.807, 2.05) is 4.90 Å². The summed E-state index contributed by atoms with van der Waals surface area (Å²) in [4.78, 5) is 23.9. The molecule has 1 unspecified atom stereocenters. The lowest BCUT2D eigenvalue weighted by molar-refractivity contribution is -0.128. The Hall–Kier alpha value is -1.14. The van der Waals surface area contributed by atoms with Gasteiger partial charge in [0.2, 0.25) is 5.91 Å². The van der Waals surface area contributed by atoms with Crippen molar-refractivity contribution in [3.8, 4) is 0 Å². The molecule has 0 aromatic heterocycles. The fourth-order valence-corrected chi connectivity index (χ4v) is 1.74. The van der Waals surface area contributed by atoms with E-state index in [0.29, 0.717) is 19.0 Å². The van der Waals surface area contributed by atoms with Crippen LogP contribution in [0.2, 0.25) is 0 Å². The van der Waals surface area contributed by atoms with Crippen molar-refractivity contribution >= 4 is 11.9 Å². The highest BCUT2D eigenvalue weighted by Gasteiger charge is 2.45. The van der Waals surface area contributed by atoms with Gasteiger partial charge in [0, 0.05) is 18.6 Å². The molecule has 6 nitrogen and oxygen atoms in total. The highest BCUT2D eigenvalue weighted by atomic mass is 16.2. The fourth-order valence-electron chi connectivity index (χ4n) is 1.74. The molecule has 92 valence electrons. The molecule has 1 aliphatic heterocycles. The number of nitrogens with one attached hydrogen (secondary N) is 1. The van der Waals surface area contributed by atoms with Gasteiger partial charge in [0.05, 0.1) is 6.04 Å². The quantitative estimate of drug-likeness (QED) is 0.591. The lowest BCUT2D eigenvalue weighted by atomic mass is 9.79. The molecule has 1 aliphatic rings. The van der Waals surface area contributed by atoms with Gasteiger partial charge in [-0.25, -0.2) is 4.79 Å². The van der Waals surface area contributed by atoms with Crippen LogP contribution in [0, 0.1) is 5.92 Å². The first kappa shape index (κ1) is 12.9. The third-order valence-corrected chi connectivity index (χ3v) is 3.32. The van der Waals surface area contributed by atoms with Crippen LogP contribution in [0.4, 0.5) is 4.79 Å². The van der Waals surface area contributed by atoms with E-state index < -0.39 is 6.03 Å². The van der Waals surface area contributed by atoms with Crippen molar-refractivity contribution in [2.24, 2.45) is 17.4 Å². The predicted molar refractivity (Wildman–Crippen MR) is 60.5 cm³/mol. The summed E-state index contributed by atoms with van der Waals surface area (Å²) in [6.45, 7) is 7.19. The molecule has 1 heterocycles. The van der Waals surface area contributed by atoms with E-state index in [1.54, 1.807) is 6.92 Å². The summed E-state index contributed by atoms with van der Waals surface area (Å²) in [6.07, 6.45) is 0. The van der Waals surface area contributed by atoms with Crippen LogP contribution >= 0.6 is 0 Å². The molecule has 0 aliphatic carbocycles. The van der Waals surface area contributed by atoms with Crippen molar-refractivity contribution in [3.63, 3.8) is 0 Å². The molecule has 5 N–H and O–H groups in total. The third kappa shape index (κ3) is 2.51. The maximum atomic E-state index is 11.5. The Labute approximate surface area is 95.3 Å². The highest BCUT2D eigenvalue weighted by molar-refractivity contribution is 5.96. The van der Waals surface area contributed by atoms with E-state index in [0.717, 1.165) is 0 Å². The number of likely N-dealkylation sites (tertiary alicyclic amines) is 1. The zero-order valence-corrected chi connectivity index (χ0v) is 9.99. The molecule has 0 saturated carbocycles. The molecule has 1 atom stereocenters. The Bertz CT molecular complexity index is 297. The number of urea groups is 1. The van der Waals surface area contributed by atoms with Gasteiger partial charge >= 0.3 is 6.03 Å². The van der Waals surface area contributed by atoms with Crippen molar-refractivity contribution in [2.75, 3.05) is 13.1 Å². The van der Waals surface area contributed by atoms with E-state index >= 15 is 0 Å². The smallest absolute Gasteiger partial charge is 0.318 e. The van der Waals surface area contributed by atoms with Crippen LogP contribution in [0.5, 0.6) is 0 Å². The van der Waals surface area contributed by atoms with Gasteiger partial charge in [0.25, 0.3) is 0 Å². The summed E-state index contributed by atoms with van der Waals surface area (Å²) in [5.74, 6) is -0.00606. The Kier molecular flexibility index (Phi) is 3.54. The van der Waals surface area contributed by atoms with Gasteiger partial charge in [-0.3, -0.25) is 15.0 Å². The molecular weight excluding hydrogens is 208 g/mol. The lowest BCUT2D eigenvalue weighted by Crippen LogP contribution is -2.73. The molecule has 0 bridgehead atoms. The van der Waals surface area contributed by atoms with E-state index in [4.69, 9.17) is 11.5 Å². The standard InChI is InChI=1S/C10H20N4O2/c1-6(2)10(12)4-14(5-10)7(3)8(15)13-9(11)16/h6-7H,4-5,12H2,1-3H3,(H3,11,13,15,16). The second-order valence-corrected chi connectivity index (χ2v) is 4.82. The highest BCUT2D eigenvalue weighted by Crippen LogP contribution is 2.27. The normalized spacial score (nSPS) is 21.3. The van der Waals surface area contributed by atoms with Crippen molar-refractivity contribution in [2.45, 2.75) is 32.4 Å². The summed E-state index contributed by atoms with van der Waals surface area (Å²) in [5.41, 5.74) is 10.8. The number of carbonyl (C=O) groups is 2. The number of rotatable bonds is 3. The minimum atomic E-state index is -0.819. The molecule has 1 fully saturated rings. The Morgan fingerprint density at radius 1 is 1.31 bits per heavy atom. The summed E-state index contributed by atoms with van der Waals surface area (Å²) in [7, 11) is 0. The SMILES string of the molecule is CC(C(=O)NC(N)=O)N1CC(N)(C(C)C)C1. The number of carbonyl (C=O) groups excluding carboxylic acids is 2. The predicted octanol–water partition coefficient (Wildman–Crippen LogP) is -0.761. The number of hydrogen-bond acceptors (Lipinski definition) is 4. The average molecular weight is 228 g/mol. The summed E-state index contributed by atoms with van der Waals surface area (Å²) < 4.78 is 0. The van der Waals surface area contributed by atoms with Crippen molar-refractivity contribution in [1.82, 2.24) is 10.2 Å². The molecule has 6 heteroatoms. The molecule has 0 radical (unpaired) electrons. The van der Waals surface area contributed by atoms with Gasteiger partial charge in [-0.05, 0) is 12.8 Å². The number of nitrogens with two attached hydrogens (primary N) is 2. The first-order valence-electron chi connectivity index (χ1n) is 5.39. The average Bonchev–Trinajstić information content (AvgIpc) is 2.10. The van der Waals surface area contributed by atoms with Gasteiger partial charge in [-0.15, -0.1) is 0 Å². The molecule has 0 spiro atoms. The Morgan fingerprint density at radius 2 is 1.81 bits per heavy atom. The van der Waals surface area contributed by atoms with E-state index in [1.165, 1.54) is 0 Å². The van der Waals surface area contributed by atoms with Crippen LogP contribution in [-0.2, 0) is 4.79 Å². The second-order valence-electron chi connectivity index (χ2n) is 4.82. The van der Waals surface area contributed by atoms with Crippen molar-refractivity contribution in [1.29, 1.82) is 0 Å². The third-order valence-electron chi connectivity index (χ3n) is 3.32. The summed E-state index contributed by atoms with van der Waals surface area (Å²) >= 11 is 0. The van der Waals surface area contributed by atoms with Crippen LogP contribution in [0.1, 0.15) is 20.8 Å². The van der Waals surface area contributed by atoms with Gasteiger partial charge < -0.3 is 11.5 Å². The lowest BCUT2D eigenvalue weighted by Gasteiger charge is -2.52. The fraction of sp³-hybridized carbons (Fsp3) is 0.800. The second kappa shape index (κ2) is 4.39. The first-order chi connectivity index (χ1) is 7.26. The number of amides is 3. The molecule has 3 amide bonds.